The number of nitrogens with one attached hydrogen (secondary N) is 1. The van der Waals surface area contributed by atoms with Crippen LogP contribution in [0, 0.1) is 12.7 Å². The molecule has 3 amide bonds. The summed E-state index contributed by atoms with van der Waals surface area (Å²) in [5.41, 5.74) is 1.11. The monoisotopic (exact) mass is 497 g/mol. The molecule has 0 saturated carbocycles. The van der Waals surface area contributed by atoms with E-state index in [4.69, 9.17) is 0 Å². The van der Waals surface area contributed by atoms with Crippen LogP contribution in [0.5, 0.6) is 0 Å². The Balaban J connectivity index is 1.57. The van der Waals surface area contributed by atoms with E-state index in [0.29, 0.717) is 6.54 Å². The van der Waals surface area contributed by atoms with Gasteiger partial charge in [0.25, 0.3) is 11.8 Å². The molecule has 2 saturated heterocycles. The Labute approximate surface area is 208 Å². The summed E-state index contributed by atoms with van der Waals surface area (Å²) < 4.78 is 14.0. The number of rotatable bonds is 8. The number of β-lactam (4-membered cyclic amide) rings is 1. The van der Waals surface area contributed by atoms with Gasteiger partial charge in [0, 0.05) is 12.1 Å². The zero-order chi connectivity index (χ0) is 25.3. The Hall–Kier alpha value is -3.17. The Bertz CT molecular complexity index is 1160. The van der Waals surface area contributed by atoms with E-state index in [1.807, 2.05) is 37.3 Å². The van der Waals surface area contributed by atoms with Gasteiger partial charge in [0.05, 0.1) is 11.9 Å². The molecule has 2 heterocycles. The van der Waals surface area contributed by atoms with Crippen molar-refractivity contribution in [2.24, 2.45) is 0 Å². The van der Waals surface area contributed by atoms with Crippen LogP contribution in [0.2, 0.25) is 0 Å². The molecule has 1 unspecified atom stereocenters. The summed E-state index contributed by atoms with van der Waals surface area (Å²) in [5.74, 6) is -1.69. The maximum atomic E-state index is 14.0. The van der Waals surface area contributed by atoms with Gasteiger partial charge in [0.15, 0.2) is 6.10 Å². The van der Waals surface area contributed by atoms with E-state index in [1.54, 1.807) is 11.0 Å². The molecule has 9 heteroatoms. The smallest absolute Gasteiger partial charge is 0.255 e. The van der Waals surface area contributed by atoms with Crippen LogP contribution in [0.25, 0.3) is 0 Å². The van der Waals surface area contributed by atoms with Crippen LogP contribution in [0.15, 0.2) is 61.2 Å². The van der Waals surface area contributed by atoms with Gasteiger partial charge in [0.1, 0.15) is 16.7 Å². The van der Waals surface area contributed by atoms with Crippen molar-refractivity contribution in [1.29, 1.82) is 0 Å². The second kappa shape index (κ2) is 9.83. The lowest BCUT2D eigenvalue weighted by molar-refractivity contribution is -0.166. The maximum absolute atomic E-state index is 14.0. The second-order valence-electron chi connectivity index (χ2n) is 8.90. The van der Waals surface area contributed by atoms with Crippen LogP contribution >= 0.6 is 11.8 Å². The van der Waals surface area contributed by atoms with Crippen LogP contribution in [-0.2, 0) is 16.0 Å². The highest BCUT2D eigenvalue weighted by Crippen LogP contribution is 2.50. The lowest BCUT2D eigenvalue weighted by atomic mass is 9.93. The standard InChI is InChI=1S/C26H28FN3O4S/c1-4-13-30-25(34)22-26(30,3)35-15-29(22)24(33)21(31)20(14-17-9-6-5-7-10-17)28-23(32)18-11-8-12-19(27)16(18)2/h4-12,20-22,31H,1,13-15H2,2-3H3,(H,28,32)/t20-,21-,22+,26?/m0/s1. The van der Waals surface area contributed by atoms with Gasteiger partial charge in [0.2, 0.25) is 5.91 Å². The molecule has 35 heavy (non-hydrogen) atoms. The molecule has 4 rings (SSSR count). The first-order valence-electron chi connectivity index (χ1n) is 11.3. The van der Waals surface area contributed by atoms with Gasteiger partial charge in [-0.2, -0.15) is 0 Å². The van der Waals surface area contributed by atoms with Crippen molar-refractivity contribution in [3.05, 3.63) is 83.7 Å². The van der Waals surface area contributed by atoms with Gasteiger partial charge in [-0.05, 0) is 43.5 Å². The van der Waals surface area contributed by atoms with Crippen LogP contribution in [-0.4, -0.2) is 68.1 Å². The molecule has 7 nitrogen and oxygen atoms in total. The van der Waals surface area contributed by atoms with Gasteiger partial charge < -0.3 is 20.2 Å². The first-order chi connectivity index (χ1) is 16.7. The van der Waals surface area contributed by atoms with Crippen LogP contribution in [0.3, 0.4) is 0 Å². The topological polar surface area (TPSA) is 90.0 Å². The number of thioether (sulfide) groups is 1. The first kappa shape index (κ1) is 24.9. The second-order valence-corrected chi connectivity index (χ2v) is 10.3. The Kier molecular flexibility index (Phi) is 7.00. The van der Waals surface area contributed by atoms with E-state index in [-0.39, 0.29) is 29.3 Å². The van der Waals surface area contributed by atoms with E-state index in [1.165, 1.54) is 41.8 Å². The van der Waals surface area contributed by atoms with E-state index >= 15 is 0 Å². The van der Waals surface area contributed by atoms with Crippen LogP contribution in [0.1, 0.15) is 28.4 Å². The minimum Gasteiger partial charge on any atom is -0.381 e. The third kappa shape index (κ3) is 4.46. The van der Waals surface area contributed by atoms with Gasteiger partial charge in [-0.25, -0.2) is 4.39 Å². The van der Waals surface area contributed by atoms with Crippen LogP contribution < -0.4 is 5.32 Å². The third-order valence-corrected chi connectivity index (χ3v) is 8.14. The average Bonchev–Trinajstić information content (AvgIpc) is 3.17. The van der Waals surface area contributed by atoms with Gasteiger partial charge in [-0.1, -0.05) is 42.5 Å². The molecule has 0 spiro atoms. The zero-order valence-corrected chi connectivity index (χ0v) is 20.4. The van der Waals surface area contributed by atoms with Crippen molar-refractivity contribution < 1.29 is 23.9 Å². The van der Waals surface area contributed by atoms with Crippen molar-refractivity contribution in [1.82, 2.24) is 15.1 Å². The van der Waals surface area contributed by atoms with Crippen molar-refractivity contribution in [3.8, 4) is 0 Å². The Morgan fingerprint density at radius 1 is 1.29 bits per heavy atom. The molecule has 184 valence electrons. The first-order valence-corrected chi connectivity index (χ1v) is 12.3. The lowest BCUT2D eigenvalue weighted by Crippen LogP contribution is -2.73. The summed E-state index contributed by atoms with van der Waals surface area (Å²) >= 11 is 1.45. The molecule has 4 atom stereocenters. The molecule has 2 aromatic carbocycles. The van der Waals surface area contributed by atoms with E-state index in [2.05, 4.69) is 11.9 Å². The Morgan fingerprint density at radius 2 is 2.00 bits per heavy atom. The number of aliphatic hydroxyl groups excluding tert-OH is 1. The number of benzene rings is 2. The van der Waals surface area contributed by atoms with E-state index in [0.717, 1.165) is 5.56 Å². The molecule has 2 N–H and O–H groups in total. The van der Waals surface area contributed by atoms with Gasteiger partial charge in [-0.15, -0.1) is 18.3 Å². The summed E-state index contributed by atoms with van der Waals surface area (Å²) in [4.78, 5) is 41.7. The Morgan fingerprint density at radius 3 is 2.69 bits per heavy atom. The van der Waals surface area contributed by atoms with E-state index < -0.39 is 40.7 Å². The number of hydrogen-bond acceptors (Lipinski definition) is 5. The lowest BCUT2D eigenvalue weighted by Gasteiger charge is -2.52. The fourth-order valence-electron chi connectivity index (χ4n) is 4.67. The van der Waals surface area contributed by atoms with Crippen molar-refractivity contribution in [2.45, 2.75) is 43.3 Å². The molecule has 0 aliphatic carbocycles. The number of amides is 3. The predicted octanol–water partition coefficient (Wildman–Crippen LogP) is 2.48. The average molecular weight is 498 g/mol. The quantitative estimate of drug-likeness (QED) is 0.432. The summed E-state index contributed by atoms with van der Waals surface area (Å²) in [6.07, 6.45) is 0.212. The fraction of sp³-hybridized carbons (Fsp3) is 0.346. The molecule has 2 aromatic rings. The molecule has 0 aromatic heterocycles. The van der Waals surface area contributed by atoms with Gasteiger partial charge in [-0.3, -0.25) is 14.4 Å². The highest BCUT2D eigenvalue weighted by atomic mass is 32.2. The summed E-state index contributed by atoms with van der Waals surface area (Å²) in [6.45, 7) is 7.45. The molecular weight excluding hydrogens is 469 g/mol. The highest BCUT2D eigenvalue weighted by Gasteiger charge is 2.65. The minimum absolute atomic E-state index is 0.126. The summed E-state index contributed by atoms with van der Waals surface area (Å²) in [7, 11) is 0. The minimum atomic E-state index is -1.60. The van der Waals surface area contributed by atoms with Crippen molar-refractivity contribution >= 4 is 29.5 Å². The van der Waals surface area contributed by atoms with Crippen molar-refractivity contribution in [2.75, 3.05) is 12.4 Å². The summed E-state index contributed by atoms with van der Waals surface area (Å²) in [6, 6.07) is 11.7. The molecule has 2 aliphatic heterocycles. The number of carbonyl (C=O) groups excluding carboxylic acids is 3. The van der Waals surface area contributed by atoms with Crippen molar-refractivity contribution in [3.63, 3.8) is 0 Å². The number of nitrogens with zero attached hydrogens (tertiary/aromatic N) is 2. The number of hydrogen-bond donors (Lipinski definition) is 2. The number of halogens is 1. The zero-order valence-electron chi connectivity index (χ0n) is 19.6. The molecule has 0 bridgehead atoms. The normalized spacial score (nSPS) is 22.7. The SMILES string of the molecule is C=CCN1C(=O)[C@H]2N(C(=O)[C@@H](O)[C@H](Cc3ccccc3)NC(=O)c3cccc(F)c3C)CSC21C. The highest BCUT2D eigenvalue weighted by molar-refractivity contribution is 8.01. The third-order valence-electron chi connectivity index (χ3n) is 6.71. The van der Waals surface area contributed by atoms with E-state index in [9.17, 15) is 23.9 Å². The van der Waals surface area contributed by atoms with Gasteiger partial charge >= 0.3 is 0 Å². The molecular formula is C26H28FN3O4S. The number of carbonyl (C=O) groups is 3. The number of aliphatic hydroxyl groups is 1. The molecule has 2 aliphatic rings. The predicted molar refractivity (Wildman–Crippen MR) is 132 cm³/mol. The molecule has 2 fully saturated rings. The number of likely N-dealkylation sites (tertiary alicyclic amines) is 1. The maximum Gasteiger partial charge on any atom is 0.255 e. The summed E-state index contributed by atoms with van der Waals surface area (Å²) in [5, 5.41) is 13.9. The van der Waals surface area contributed by atoms with Crippen LogP contribution in [0.4, 0.5) is 4.39 Å². The fourth-order valence-corrected chi connectivity index (χ4v) is 6.06. The molecule has 0 radical (unpaired) electrons. The number of fused-ring (bicyclic) bond motifs is 1. The largest absolute Gasteiger partial charge is 0.381 e.